The first-order chi connectivity index (χ1) is 8.26. The maximum Gasteiger partial charge on any atom is 0.326 e. The Kier molecular flexibility index (Phi) is 5.44. The topological polar surface area (TPSA) is 41.0 Å². The van der Waals surface area contributed by atoms with Crippen molar-refractivity contribution in [3.63, 3.8) is 0 Å². The van der Waals surface area contributed by atoms with Gasteiger partial charge in [-0.15, -0.1) is 12.4 Å². The lowest BCUT2D eigenvalue weighted by molar-refractivity contribution is 0.290. The van der Waals surface area contributed by atoms with Gasteiger partial charge in [0, 0.05) is 13.1 Å². The predicted octanol–water partition coefficient (Wildman–Crippen LogP) is 2.09. The van der Waals surface area contributed by atoms with Crippen molar-refractivity contribution in [1.29, 1.82) is 0 Å². The van der Waals surface area contributed by atoms with Gasteiger partial charge >= 0.3 is 5.69 Å². The highest BCUT2D eigenvalue weighted by Gasteiger charge is 2.06. The van der Waals surface area contributed by atoms with Crippen LogP contribution in [0.15, 0.2) is 29.1 Å². The molecular formula is C13H20ClN3O. The summed E-state index contributed by atoms with van der Waals surface area (Å²) in [5.41, 5.74) is 1.89. The molecule has 18 heavy (non-hydrogen) atoms. The first-order valence-corrected chi connectivity index (χ1v) is 6.16. The van der Waals surface area contributed by atoms with E-state index in [1.807, 2.05) is 28.8 Å². The van der Waals surface area contributed by atoms with Crippen LogP contribution >= 0.6 is 12.4 Å². The van der Waals surface area contributed by atoms with E-state index in [1.54, 1.807) is 0 Å². The largest absolute Gasteiger partial charge is 0.326 e. The summed E-state index contributed by atoms with van der Waals surface area (Å²) in [6.07, 6.45) is 0. The van der Waals surface area contributed by atoms with E-state index in [-0.39, 0.29) is 18.1 Å². The number of hydrogen-bond donors (Lipinski definition) is 1. The minimum Gasteiger partial charge on any atom is -0.306 e. The second-order valence-corrected chi connectivity index (χ2v) is 4.13. The van der Waals surface area contributed by atoms with Gasteiger partial charge in [-0.3, -0.25) is 4.57 Å². The van der Waals surface area contributed by atoms with Crippen LogP contribution in [0.1, 0.15) is 13.8 Å². The van der Waals surface area contributed by atoms with Gasteiger partial charge in [-0.2, -0.15) is 0 Å². The molecule has 1 aromatic carbocycles. The molecule has 0 radical (unpaired) electrons. The summed E-state index contributed by atoms with van der Waals surface area (Å²) in [4.78, 5) is 17.0. The maximum atomic E-state index is 11.8. The lowest BCUT2D eigenvalue weighted by Gasteiger charge is -2.17. The van der Waals surface area contributed by atoms with Crippen LogP contribution in [0.3, 0.4) is 0 Å². The monoisotopic (exact) mass is 269 g/mol. The summed E-state index contributed by atoms with van der Waals surface area (Å²) in [6.45, 7) is 7.98. The molecule has 0 saturated heterocycles. The molecule has 1 N–H and O–H groups in total. The molecule has 0 amide bonds. The van der Waals surface area contributed by atoms with Gasteiger partial charge in [0.1, 0.15) is 0 Å². The fourth-order valence-corrected chi connectivity index (χ4v) is 2.11. The van der Waals surface area contributed by atoms with Crippen molar-refractivity contribution >= 4 is 23.4 Å². The molecule has 0 atom stereocenters. The number of para-hydroxylation sites is 2. The summed E-state index contributed by atoms with van der Waals surface area (Å²) in [6, 6.07) is 7.82. The molecule has 100 valence electrons. The van der Waals surface area contributed by atoms with Crippen LogP contribution in [-0.4, -0.2) is 34.1 Å². The first kappa shape index (κ1) is 14.8. The van der Waals surface area contributed by atoms with E-state index >= 15 is 0 Å². The number of fused-ring (bicyclic) bond motifs is 1. The van der Waals surface area contributed by atoms with E-state index in [4.69, 9.17) is 0 Å². The van der Waals surface area contributed by atoms with E-state index in [2.05, 4.69) is 23.7 Å². The second kappa shape index (κ2) is 6.61. The van der Waals surface area contributed by atoms with Gasteiger partial charge in [-0.25, -0.2) is 4.79 Å². The number of H-pyrrole nitrogens is 1. The highest BCUT2D eigenvalue weighted by Crippen LogP contribution is 2.08. The summed E-state index contributed by atoms with van der Waals surface area (Å²) in [7, 11) is 0. The molecule has 0 aliphatic heterocycles. The Morgan fingerprint density at radius 1 is 1.22 bits per heavy atom. The third kappa shape index (κ3) is 2.94. The van der Waals surface area contributed by atoms with Gasteiger partial charge in [-0.1, -0.05) is 26.0 Å². The van der Waals surface area contributed by atoms with Crippen LogP contribution in [0.4, 0.5) is 0 Å². The SMILES string of the molecule is CCN(CC)CCn1c(=O)[nH]c2ccccc21.Cl. The Morgan fingerprint density at radius 3 is 2.56 bits per heavy atom. The number of nitrogens with one attached hydrogen (secondary N) is 1. The minimum atomic E-state index is -0.0154. The molecule has 0 saturated carbocycles. The summed E-state index contributed by atoms with van der Waals surface area (Å²) >= 11 is 0. The van der Waals surface area contributed by atoms with E-state index < -0.39 is 0 Å². The molecule has 1 heterocycles. The summed E-state index contributed by atoms with van der Waals surface area (Å²) in [5, 5.41) is 0. The molecule has 0 aliphatic carbocycles. The molecule has 2 aromatic rings. The van der Waals surface area contributed by atoms with Crippen LogP contribution in [0.25, 0.3) is 11.0 Å². The van der Waals surface area contributed by atoms with E-state index in [0.717, 1.165) is 37.2 Å². The van der Waals surface area contributed by atoms with Crippen molar-refractivity contribution in [3.8, 4) is 0 Å². The van der Waals surface area contributed by atoms with Crippen LogP contribution in [0.5, 0.6) is 0 Å². The van der Waals surface area contributed by atoms with Crippen LogP contribution < -0.4 is 5.69 Å². The Morgan fingerprint density at radius 2 is 1.89 bits per heavy atom. The average molecular weight is 270 g/mol. The lowest BCUT2D eigenvalue weighted by atomic mass is 10.3. The first-order valence-electron chi connectivity index (χ1n) is 6.16. The number of nitrogens with zero attached hydrogens (tertiary/aromatic N) is 2. The van der Waals surface area contributed by atoms with Crippen molar-refractivity contribution in [1.82, 2.24) is 14.5 Å². The maximum absolute atomic E-state index is 11.8. The average Bonchev–Trinajstić information content (AvgIpc) is 2.67. The predicted molar refractivity (Wildman–Crippen MR) is 77.6 cm³/mol. The van der Waals surface area contributed by atoms with Gasteiger partial charge in [0.25, 0.3) is 0 Å². The fraction of sp³-hybridized carbons (Fsp3) is 0.462. The third-order valence-corrected chi connectivity index (χ3v) is 3.22. The smallest absolute Gasteiger partial charge is 0.306 e. The molecular weight excluding hydrogens is 250 g/mol. The van der Waals surface area contributed by atoms with E-state index in [0.29, 0.717) is 0 Å². The molecule has 4 nitrogen and oxygen atoms in total. The Balaban J connectivity index is 0.00000162. The molecule has 0 fully saturated rings. The molecule has 1 aromatic heterocycles. The highest BCUT2D eigenvalue weighted by molar-refractivity contribution is 5.85. The summed E-state index contributed by atoms with van der Waals surface area (Å²) < 4.78 is 1.81. The second-order valence-electron chi connectivity index (χ2n) is 4.13. The number of benzene rings is 1. The Hall–Kier alpha value is -1.26. The normalized spacial score (nSPS) is 10.8. The van der Waals surface area contributed by atoms with Crippen molar-refractivity contribution in [2.75, 3.05) is 19.6 Å². The van der Waals surface area contributed by atoms with E-state index in [1.165, 1.54) is 0 Å². The van der Waals surface area contributed by atoms with Crippen LogP contribution in [0, 0.1) is 0 Å². The van der Waals surface area contributed by atoms with Gasteiger partial charge in [-0.05, 0) is 25.2 Å². The zero-order chi connectivity index (χ0) is 12.3. The van der Waals surface area contributed by atoms with E-state index in [9.17, 15) is 4.79 Å². The third-order valence-electron chi connectivity index (χ3n) is 3.22. The molecule has 5 heteroatoms. The van der Waals surface area contributed by atoms with Crippen molar-refractivity contribution < 1.29 is 0 Å². The van der Waals surface area contributed by atoms with Gasteiger partial charge in [0.05, 0.1) is 11.0 Å². The van der Waals surface area contributed by atoms with Crippen molar-refractivity contribution in [3.05, 3.63) is 34.7 Å². The molecule has 0 spiro atoms. The number of likely N-dealkylation sites (N-methyl/N-ethyl adjacent to an activating group) is 1. The van der Waals surface area contributed by atoms with Crippen molar-refractivity contribution in [2.45, 2.75) is 20.4 Å². The zero-order valence-electron chi connectivity index (χ0n) is 10.8. The fourth-order valence-electron chi connectivity index (χ4n) is 2.11. The Labute approximate surface area is 113 Å². The molecule has 0 unspecified atom stereocenters. The summed E-state index contributed by atoms with van der Waals surface area (Å²) in [5.74, 6) is 0. The lowest BCUT2D eigenvalue weighted by Crippen LogP contribution is -2.29. The Bertz CT molecular complexity index is 542. The van der Waals surface area contributed by atoms with Crippen LogP contribution in [0.2, 0.25) is 0 Å². The standard InChI is InChI=1S/C13H19N3O.ClH/c1-3-15(4-2)9-10-16-12-8-6-5-7-11(12)14-13(16)17;/h5-8H,3-4,9-10H2,1-2H3,(H,14,17);1H. The molecule has 0 bridgehead atoms. The van der Waals surface area contributed by atoms with Crippen LogP contribution in [-0.2, 0) is 6.54 Å². The number of aromatic nitrogens is 2. The van der Waals surface area contributed by atoms with Gasteiger partial charge < -0.3 is 9.88 Å². The molecule has 0 aliphatic rings. The molecule has 2 rings (SSSR count). The number of halogens is 1. The zero-order valence-corrected chi connectivity index (χ0v) is 11.7. The quantitative estimate of drug-likeness (QED) is 0.903. The minimum absolute atomic E-state index is 0. The van der Waals surface area contributed by atoms with Gasteiger partial charge in [0.15, 0.2) is 0 Å². The number of hydrogen-bond acceptors (Lipinski definition) is 2. The van der Waals surface area contributed by atoms with Crippen molar-refractivity contribution in [2.24, 2.45) is 0 Å². The number of rotatable bonds is 5. The van der Waals surface area contributed by atoms with Gasteiger partial charge in [0.2, 0.25) is 0 Å². The number of aromatic amines is 1. The highest BCUT2D eigenvalue weighted by atomic mass is 35.5. The number of imidazole rings is 1.